The Morgan fingerprint density at radius 1 is 0.633 bits per heavy atom. The molecule has 10 nitrogen and oxygen atoms in total. The van der Waals surface area contributed by atoms with Crippen molar-refractivity contribution in [2.75, 3.05) is 26.4 Å². The molecule has 0 aromatic carbocycles. The van der Waals surface area contributed by atoms with Crippen molar-refractivity contribution in [2.24, 2.45) is 0 Å². The molecule has 0 saturated carbocycles. The standard InChI is InChI=1S/C38H67O10P/c1-3-5-7-9-11-13-15-17-19-21-23-25-27-29-37(41)45-33-36(34-47-49(43,44)46-32-35(40)31-39)48-38(42)30-28-26-24-22-20-18-16-14-12-10-8-6-4-2/h6,8,12-15,18,20,35-36,39-40H,3-5,7,9-11,16-17,19,21-34H2,1-2H3,(H,43,44)/b8-6-,14-12-,15-13-,20-18-. The first-order valence-corrected chi connectivity index (χ1v) is 20.1. The molecule has 0 spiro atoms. The normalized spacial score (nSPS) is 14.6. The number of carbonyl (C=O) groups is 2. The second kappa shape index (κ2) is 34.4. The van der Waals surface area contributed by atoms with Crippen LogP contribution in [0, 0.1) is 0 Å². The van der Waals surface area contributed by atoms with E-state index in [9.17, 15) is 24.2 Å². The van der Waals surface area contributed by atoms with Crippen LogP contribution in [0.3, 0.4) is 0 Å². The van der Waals surface area contributed by atoms with E-state index in [0.717, 1.165) is 77.0 Å². The maximum Gasteiger partial charge on any atom is 0.472 e. The third-order valence-corrected chi connectivity index (χ3v) is 8.42. The highest BCUT2D eigenvalue weighted by molar-refractivity contribution is 7.47. The molecule has 0 aromatic rings. The summed E-state index contributed by atoms with van der Waals surface area (Å²) in [5.74, 6) is -0.975. The van der Waals surface area contributed by atoms with Crippen LogP contribution in [0.4, 0.5) is 0 Å². The predicted octanol–water partition coefficient (Wildman–Crippen LogP) is 8.99. The largest absolute Gasteiger partial charge is 0.472 e. The Morgan fingerprint density at radius 2 is 1.12 bits per heavy atom. The Labute approximate surface area is 296 Å². The molecule has 0 rings (SSSR count). The fourth-order valence-corrected chi connectivity index (χ4v) is 5.38. The average Bonchev–Trinajstić information content (AvgIpc) is 3.09. The van der Waals surface area contributed by atoms with Crippen molar-refractivity contribution < 1.29 is 47.8 Å². The van der Waals surface area contributed by atoms with Crippen molar-refractivity contribution in [3.8, 4) is 0 Å². The van der Waals surface area contributed by atoms with Crippen LogP contribution in [-0.4, -0.2) is 65.7 Å². The lowest BCUT2D eigenvalue weighted by Crippen LogP contribution is -2.29. The number of rotatable bonds is 34. The van der Waals surface area contributed by atoms with Crippen LogP contribution in [0.1, 0.15) is 142 Å². The highest BCUT2D eigenvalue weighted by Gasteiger charge is 2.27. The van der Waals surface area contributed by atoms with Gasteiger partial charge in [-0.15, -0.1) is 0 Å². The Hall–Kier alpha value is -2.07. The van der Waals surface area contributed by atoms with Crippen molar-refractivity contribution in [3.05, 3.63) is 48.6 Å². The monoisotopic (exact) mass is 714 g/mol. The molecule has 3 unspecified atom stereocenters. The third kappa shape index (κ3) is 34.2. The van der Waals surface area contributed by atoms with E-state index in [1.165, 1.54) is 25.7 Å². The van der Waals surface area contributed by atoms with Gasteiger partial charge in [0.2, 0.25) is 0 Å². The fraction of sp³-hybridized carbons (Fsp3) is 0.737. The van der Waals surface area contributed by atoms with Crippen molar-refractivity contribution in [3.63, 3.8) is 0 Å². The molecule has 284 valence electrons. The van der Waals surface area contributed by atoms with Gasteiger partial charge in [0, 0.05) is 12.8 Å². The van der Waals surface area contributed by atoms with E-state index in [4.69, 9.17) is 19.1 Å². The summed E-state index contributed by atoms with van der Waals surface area (Å²) in [6.45, 7) is 2.17. The molecule has 0 heterocycles. The van der Waals surface area contributed by atoms with E-state index in [1.54, 1.807) is 0 Å². The van der Waals surface area contributed by atoms with E-state index in [2.05, 4.69) is 67.0 Å². The summed E-state index contributed by atoms with van der Waals surface area (Å²) in [4.78, 5) is 34.8. The minimum atomic E-state index is -4.62. The zero-order chi connectivity index (χ0) is 36.3. The lowest BCUT2D eigenvalue weighted by atomic mass is 10.1. The van der Waals surface area contributed by atoms with Crippen LogP contribution in [0.25, 0.3) is 0 Å². The maximum atomic E-state index is 12.5. The van der Waals surface area contributed by atoms with Crippen molar-refractivity contribution in [1.29, 1.82) is 0 Å². The lowest BCUT2D eigenvalue weighted by Gasteiger charge is -2.20. The molecule has 0 fully saturated rings. The molecule has 0 aliphatic heterocycles. The lowest BCUT2D eigenvalue weighted by molar-refractivity contribution is -0.161. The van der Waals surface area contributed by atoms with Crippen LogP contribution in [0.2, 0.25) is 0 Å². The minimum Gasteiger partial charge on any atom is -0.462 e. The number of unbranched alkanes of at least 4 members (excludes halogenated alkanes) is 12. The molecule has 3 atom stereocenters. The van der Waals surface area contributed by atoms with E-state index in [0.29, 0.717) is 12.8 Å². The van der Waals surface area contributed by atoms with Crippen LogP contribution in [0.5, 0.6) is 0 Å². The molecule has 0 bridgehead atoms. The molecule has 3 N–H and O–H groups in total. The highest BCUT2D eigenvalue weighted by Crippen LogP contribution is 2.43. The van der Waals surface area contributed by atoms with Crippen LogP contribution in [-0.2, 0) is 32.7 Å². The van der Waals surface area contributed by atoms with Gasteiger partial charge in [-0.1, -0.05) is 107 Å². The Bertz CT molecular complexity index is 962. The van der Waals surface area contributed by atoms with Gasteiger partial charge in [0.05, 0.1) is 19.8 Å². The van der Waals surface area contributed by atoms with Gasteiger partial charge in [0.1, 0.15) is 12.7 Å². The summed E-state index contributed by atoms with van der Waals surface area (Å²) >= 11 is 0. The SMILES string of the molecule is CC/C=C\C/C=C\C/C=C\CCCCCC(=O)OC(COC(=O)CCCCCCC/C=C\CCCCCC)COP(=O)(O)OCC(O)CO. The summed E-state index contributed by atoms with van der Waals surface area (Å²) in [5.41, 5.74) is 0. The zero-order valence-corrected chi connectivity index (χ0v) is 31.3. The van der Waals surface area contributed by atoms with Crippen molar-refractivity contribution in [2.45, 2.75) is 154 Å². The zero-order valence-electron chi connectivity index (χ0n) is 30.4. The smallest absolute Gasteiger partial charge is 0.462 e. The van der Waals surface area contributed by atoms with Crippen LogP contribution in [0.15, 0.2) is 48.6 Å². The maximum absolute atomic E-state index is 12.5. The van der Waals surface area contributed by atoms with E-state index < -0.39 is 51.8 Å². The van der Waals surface area contributed by atoms with E-state index in [1.807, 2.05) is 0 Å². The Balaban J connectivity index is 4.46. The van der Waals surface area contributed by atoms with Crippen LogP contribution < -0.4 is 0 Å². The number of aliphatic hydroxyl groups is 2. The van der Waals surface area contributed by atoms with Gasteiger partial charge in [0.15, 0.2) is 6.10 Å². The second-order valence-electron chi connectivity index (χ2n) is 12.2. The molecule has 0 radical (unpaired) electrons. The Kier molecular flexibility index (Phi) is 32.9. The third-order valence-electron chi connectivity index (χ3n) is 7.47. The van der Waals surface area contributed by atoms with E-state index >= 15 is 0 Å². The first-order chi connectivity index (χ1) is 23.7. The Morgan fingerprint density at radius 3 is 1.73 bits per heavy atom. The summed E-state index contributed by atoms with van der Waals surface area (Å²) < 4.78 is 32.5. The van der Waals surface area contributed by atoms with Gasteiger partial charge in [0.25, 0.3) is 0 Å². The van der Waals surface area contributed by atoms with Crippen molar-refractivity contribution in [1.82, 2.24) is 0 Å². The predicted molar refractivity (Wildman–Crippen MR) is 196 cm³/mol. The summed E-state index contributed by atoms with van der Waals surface area (Å²) in [6, 6.07) is 0. The molecular formula is C38H67O10P. The molecule has 0 saturated heterocycles. The topological polar surface area (TPSA) is 149 Å². The number of ether oxygens (including phenoxy) is 2. The average molecular weight is 715 g/mol. The number of aliphatic hydroxyl groups excluding tert-OH is 2. The number of esters is 2. The molecule has 0 aromatic heterocycles. The van der Waals surface area contributed by atoms with Gasteiger partial charge in [-0.3, -0.25) is 18.6 Å². The number of phosphoric ester groups is 1. The van der Waals surface area contributed by atoms with Crippen LogP contribution >= 0.6 is 7.82 Å². The molecule has 11 heteroatoms. The van der Waals surface area contributed by atoms with Gasteiger partial charge >= 0.3 is 19.8 Å². The molecule has 49 heavy (non-hydrogen) atoms. The molecule has 0 aliphatic rings. The summed E-state index contributed by atoms with van der Waals surface area (Å²) in [7, 11) is -4.62. The highest BCUT2D eigenvalue weighted by atomic mass is 31.2. The second-order valence-corrected chi connectivity index (χ2v) is 13.7. The van der Waals surface area contributed by atoms with E-state index in [-0.39, 0.29) is 19.4 Å². The van der Waals surface area contributed by atoms with Crippen molar-refractivity contribution >= 4 is 19.8 Å². The number of hydrogen-bond donors (Lipinski definition) is 3. The molecule has 0 amide bonds. The summed E-state index contributed by atoms with van der Waals surface area (Å²) in [6.07, 6.45) is 33.7. The quantitative estimate of drug-likeness (QED) is 0.0255. The minimum absolute atomic E-state index is 0.146. The number of carbonyl (C=O) groups excluding carboxylic acids is 2. The van der Waals surface area contributed by atoms with Gasteiger partial charge < -0.3 is 24.6 Å². The fourth-order valence-electron chi connectivity index (χ4n) is 4.59. The number of allylic oxidation sites excluding steroid dienone is 8. The van der Waals surface area contributed by atoms with Gasteiger partial charge in [-0.2, -0.15) is 0 Å². The number of phosphoric acid groups is 1. The first kappa shape index (κ1) is 46.9. The van der Waals surface area contributed by atoms with Gasteiger partial charge in [-0.25, -0.2) is 4.57 Å². The number of hydrogen-bond acceptors (Lipinski definition) is 9. The molecular weight excluding hydrogens is 647 g/mol. The summed E-state index contributed by atoms with van der Waals surface area (Å²) in [5, 5.41) is 18.3. The first-order valence-electron chi connectivity index (χ1n) is 18.6. The molecule has 0 aliphatic carbocycles. The van der Waals surface area contributed by atoms with Gasteiger partial charge in [-0.05, 0) is 70.6 Å².